The van der Waals surface area contributed by atoms with Gasteiger partial charge in [-0.25, -0.2) is 3.28 Å². The molecule has 3 heterocycles. The third-order valence-electron chi connectivity index (χ3n) is 8.34. The highest BCUT2D eigenvalue weighted by Gasteiger charge is 2.50. The molecule has 6 nitrogen and oxygen atoms in total. The van der Waals surface area contributed by atoms with E-state index in [0.29, 0.717) is 36.1 Å². The molecule has 10 heteroatoms. The molecule has 0 radical (unpaired) electrons. The second-order valence-corrected chi connectivity index (χ2v) is 12.9. The Bertz CT molecular complexity index is 904. The molecule has 1 saturated heterocycles. The molecule has 2 fully saturated rings. The third-order valence-corrected chi connectivity index (χ3v) is 10.4. The van der Waals surface area contributed by atoms with Crippen LogP contribution in [0.1, 0.15) is 52.9 Å². The minimum Gasteiger partial charge on any atom is -0.381 e. The van der Waals surface area contributed by atoms with Gasteiger partial charge in [-0.1, -0.05) is 20.8 Å². The normalized spacial score (nSPS) is 32.3. The first-order chi connectivity index (χ1) is 16.5. The maximum atomic E-state index is 13.9. The Morgan fingerprint density at radius 2 is 2.14 bits per heavy atom. The van der Waals surface area contributed by atoms with E-state index in [9.17, 15) is 23.2 Å². The van der Waals surface area contributed by atoms with Crippen molar-refractivity contribution in [3.63, 3.8) is 0 Å². The van der Waals surface area contributed by atoms with Crippen LogP contribution in [0.4, 0.5) is 13.2 Å². The zero-order valence-electron chi connectivity index (χ0n) is 20.7. The summed E-state index contributed by atoms with van der Waals surface area (Å²) in [4.78, 5) is 15.7. The SMILES string of the molecule is CC(C)[C@]1(C(=O)N2CCC3=C(C=C(C(F)(F)F)C=IN3O)C2)CC[C@@H](NC[C@H]2CCOC[C@H]2C)C1. The molecule has 1 aliphatic carbocycles. The first-order valence-corrected chi connectivity index (χ1v) is 14.8. The summed E-state index contributed by atoms with van der Waals surface area (Å²) in [5.74, 6) is 1.26. The van der Waals surface area contributed by atoms with E-state index in [1.165, 1.54) is 0 Å². The summed E-state index contributed by atoms with van der Waals surface area (Å²) in [6.07, 6.45) is 0.521. The Balaban J connectivity index is 1.46. The maximum absolute atomic E-state index is 13.9. The number of carbonyl (C=O) groups excluding carboxylic acids is 1. The average Bonchev–Trinajstić information content (AvgIpc) is 3.17. The number of rotatable bonds is 5. The van der Waals surface area contributed by atoms with Crippen LogP contribution in [0.5, 0.6) is 0 Å². The molecule has 0 spiro atoms. The number of allylic oxidation sites excluding steroid dienone is 1. The number of hydrogen-bond donors (Lipinski definition) is 2. The number of nitrogens with one attached hydrogen (secondary N) is 1. The number of halogens is 4. The van der Waals surface area contributed by atoms with Crippen molar-refractivity contribution in [2.45, 2.75) is 65.1 Å². The Hall–Kier alpha value is -0.980. The predicted octanol–water partition coefficient (Wildman–Crippen LogP) is 4.81. The quantitative estimate of drug-likeness (QED) is 0.345. The monoisotopic (exact) mass is 611 g/mol. The van der Waals surface area contributed by atoms with E-state index in [1.54, 1.807) is 4.90 Å². The summed E-state index contributed by atoms with van der Waals surface area (Å²) in [7, 11) is 0. The Labute approximate surface area is 216 Å². The van der Waals surface area contributed by atoms with Crippen LogP contribution in [0, 0.1) is 23.2 Å². The van der Waals surface area contributed by atoms with Crippen molar-refractivity contribution < 1.29 is 27.9 Å². The highest BCUT2D eigenvalue weighted by molar-refractivity contribution is 14.2. The van der Waals surface area contributed by atoms with Gasteiger partial charge >= 0.3 is 6.18 Å². The van der Waals surface area contributed by atoms with Gasteiger partial charge in [0.2, 0.25) is 5.91 Å². The van der Waals surface area contributed by atoms with Gasteiger partial charge in [0, 0.05) is 63.8 Å². The molecule has 3 aliphatic heterocycles. The summed E-state index contributed by atoms with van der Waals surface area (Å²) >= 11 is -1.31. The van der Waals surface area contributed by atoms with Crippen LogP contribution < -0.4 is 5.32 Å². The minimum atomic E-state index is -4.47. The van der Waals surface area contributed by atoms with Crippen molar-refractivity contribution in [1.29, 1.82) is 0 Å². The largest absolute Gasteiger partial charge is 0.416 e. The van der Waals surface area contributed by atoms with Crippen LogP contribution in [0.3, 0.4) is 0 Å². The van der Waals surface area contributed by atoms with Gasteiger partial charge in [0.25, 0.3) is 0 Å². The number of ether oxygens (including phenoxy) is 1. The van der Waals surface area contributed by atoms with Crippen LogP contribution >= 0.6 is 21.0 Å². The lowest BCUT2D eigenvalue weighted by Gasteiger charge is -2.40. The molecule has 1 amide bonds. The average molecular weight is 611 g/mol. The third kappa shape index (κ3) is 5.80. The zero-order valence-corrected chi connectivity index (χ0v) is 22.9. The zero-order chi connectivity index (χ0) is 25.4. The number of hydroxylamine groups is 1. The topological polar surface area (TPSA) is 65.0 Å². The molecule has 4 rings (SSSR count). The maximum Gasteiger partial charge on any atom is 0.416 e. The van der Waals surface area contributed by atoms with E-state index in [-0.39, 0.29) is 24.4 Å². The summed E-state index contributed by atoms with van der Waals surface area (Å²) in [5.41, 5.74) is -0.328. The predicted molar refractivity (Wildman–Crippen MR) is 137 cm³/mol. The van der Waals surface area contributed by atoms with Gasteiger partial charge in [0.15, 0.2) is 0 Å². The minimum absolute atomic E-state index is 0.0390. The van der Waals surface area contributed by atoms with Crippen LogP contribution in [0.2, 0.25) is 0 Å². The fourth-order valence-electron chi connectivity index (χ4n) is 5.89. The number of amides is 1. The fraction of sp³-hybridized carbons (Fsp3) is 0.760. The Kier molecular flexibility index (Phi) is 8.34. The van der Waals surface area contributed by atoms with Gasteiger partial charge in [0.05, 0.1) is 16.7 Å². The van der Waals surface area contributed by atoms with Gasteiger partial charge < -0.3 is 15.0 Å². The van der Waals surface area contributed by atoms with Crippen molar-refractivity contribution in [3.8, 4) is 0 Å². The molecule has 0 bridgehead atoms. The molecule has 4 aliphatic rings. The fourth-order valence-corrected chi connectivity index (χ4v) is 7.87. The van der Waals surface area contributed by atoms with E-state index in [4.69, 9.17) is 4.74 Å². The molecule has 0 aromatic carbocycles. The van der Waals surface area contributed by atoms with E-state index < -0.39 is 38.2 Å². The highest BCUT2D eigenvalue weighted by atomic mass is 127. The van der Waals surface area contributed by atoms with Gasteiger partial charge in [-0.05, 0) is 61.6 Å². The highest BCUT2D eigenvalue weighted by Crippen LogP contribution is 2.47. The number of alkyl halides is 3. The van der Waals surface area contributed by atoms with Crippen molar-refractivity contribution >= 4 is 30.9 Å². The molecular formula is C25H37F3IN3O3. The van der Waals surface area contributed by atoms with E-state index in [0.717, 1.165) is 58.8 Å². The molecule has 1 saturated carbocycles. The molecule has 2 N–H and O–H groups in total. The molecule has 35 heavy (non-hydrogen) atoms. The van der Waals surface area contributed by atoms with Crippen molar-refractivity contribution in [1.82, 2.24) is 13.5 Å². The van der Waals surface area contributed by atoms with Crippen molar-refractivity contribution in [3.05, 3.63) is 22.9 Å². The van der Waals surface area contributed by atoms with Gasteiger partial charge in [-0.3, -0.25) is 10.0 Å². The molecule has 0 aromatic rings. The summed E-state index contributed by atoms with van der Waals surface area (Å²) < 4.78 is 48.0. The first-order valence-electron chi connectivity index (χ1n) is 12.6. The van der Waals surface area contributed by atoms with Gasteiger partial charge in [-0.2, -0.15) is 13.2 Å². The lowest BCUT2D eigenvalue weighted by atomic mass is 9.74. The molecule has 4 atom stereocenters. The smallest absolute Gasteiger partial charge is 0.381 e. The number of carbonyl (C=O) groups is 1. The van der Waals surface area contributed by atoms with E-state index in [2.05, 4.69) is 26.1 Å². The van der Waals surface area contributed by atoms with Crippen LogP contribution in [-0.2, 0) is 9.53 Å². The second kappa shape index (κ2) is 10.8. The number of hydrogen-bond acceptors (Lipinski definition) is 5. The second-order valence-electron chi connectivity index (χ2n) is 10.8. The van der Waals surface area contributed by atoms with Crippen LogP contribution in [0.25, 0.3) is 0 Å². The molecule has 0 aromatic heterocycles. The van der Waals surface area contributed by atoms with Crippen LogP contribution in [0.15, 0.2) is 22.9 Å². The van der Waals surface area contributed by atoms with Gasteiger partial charge in [0.1, 0.15) is 0 Å². The standard InChI is InChI=1S/C25H37F3IN3O3/c1-16(2)24(7-4-21(11-24)30-13-18-6-9-35-15-17(18)3)23(33)31-8-5-22-19(14-31)10-20(25(26,27)28)12-29-32(22)34/h10,12,16-18,21,30,34H,4-9,11,13-15H2,1-3H3/t17-,18-,21-,24+/m1/s1. The summed E-state index contributed by atoms with van der Waals surface area (Å²) in [6.45, 7) is 9.44. The summed E-state index contributed by atoms with van der Waals surface area (Å²) in [6, 6.07) is 0.262. The molecular weight excluding hydrogens is 574 g/mol. The number of nitrogens with zero attached hydrogens (tertiary/aromatic N) is 2. The lowest BCUT2D eigenvalue weighted by Crippen LogP contribution is -2.49. The van der Waals surface area contributed by atoms with Crippen LogP contribution in [-0.4, -0.2) is 68.4 Å². The van der Waals surface area contributed by atoms with Crippen molar-refractivity contribution in [2.75, 3.05) is 32.8 Å². The van der Waals surface area contributed by atoms with Gasteiger partial charge in [-0.15, -0.1) is 0 Å². The Morgan fingerprint density at radius 3 is 2.83 bits per heavy atom. The van der Waals surface area contributed by atoms with E-state index >= 15 is 0 Å². The molecule has 0 unspecified atom stereocenters. The van der Waals surface area contributed by atoms with Crippen molar-refractivity contribution in [2.24, 2.45) is 23.2 Å². The molecule has 198 valence electrons. The lowest BCUT2D eigenvalue weighted by molar-refractivity contribution is -0.144. The van der Waals surface area contributed by atoms with E-state index in [1.807, 2.05) is 0 Å². The summed E-state index contributed by atoms with van der Waals surface area (Å²) in [5, 5.41) is 14.1. The Morgan fingerprint density at radius 1 is 1.37 bits per heavy atom. The first kappa shape index (κ1) is 27.1.